The van der Waals surface area contributed by atoms with Crippen molar-refractivity contribution >= 4 is 5.97 Å². The van der Waals surface area contributed by atoms with Gasteiger partial charge in [-0.25, -0.2) is 4.79 Å². The minimum atomic E-state index is -0.437. The van der Waals surface area contributed by atoms with E-state index in [-0.39, 0.29) is 11.4 Å². The fourth-order valence-electron chi connectivity index (χ4n) is 1.11. The molecule has 0 radical (unpaired) electrons. The van der Waals surface area contributed by atoms with Crippen molar-refractivity contribution < 1.29 is 14.3 Å². The molecule has 0 aromatic heterocycles. The Morgan fingerprint density at radius 2 is 2.36 bits per heavy atom. The lowest BCUT2D eigenvalue weighted by atomic mass is 9.88. The Labute approximate surface area is 85.1 Å². The summed E-state index contributed by atoms with van der Waals surface area (Å²) in [7, 11) is 0. The number of hydrogen-bond donors (Lipinski definition) is 0. The van der Waals surface area contributed by atoms with Gasteiger partial charge in [0.1, 0.15) is 0 Å². The summed E-state index contributed by atoms with van der Waals surface area (Å²) in [5.41, 5.74) is -0.0805. The zero-order valence-corrected chi connectivity index (χ0v) is 9.13. The van der Waals surface area contributed by atoms with E-state index in [1.54, 1.807) is 0 Å². The standard InChI is InChI=1S/C11H18O3/c1-5-11(3,4)8(2)14-9-6-7-13-10(9)12/h9H,2,5-7H2,1,3-4H3. The number of carbonyl (C=O) groups is 1. The Kier molecular flexibility index (Phi) is 3.19. The molecular formula is C11H18O3. The molecule has 0 N–H and O–H groups in total. The van der Waals surface area contributed by atoms with E-state index in [2.05, 4.69) is 27.4 Å². The summed E-state index contributed by atoms with van der Waals surface area (Å²) in [5, 5.41) is 0. The Hall–Kier alpha value is -0.990. The smallest absolute Gasteiger partial charge is 0.347 e. The van der Waals surface area contributed by atoms with Crippen LogP contribution in [0.5, 0.6) is 0 Å². The van der Waals surface area contributed by atoms with Gasteiger partial charge < -0.3 is 9.47 Å². The minimum absolute atomic E-state index is 0.0805. The van der Waals surface area contributed by atoms with E-state index in [9.17, 15) is 4.79 Å². The number of rotatable bonds is 4. The van der Waals surface area contributed by atoms with Crippen LogP contribution in [0, 0.1) is 5.41 Å². The van der Waals surface area contributed by atoms with Crippen molar-refractivity contribution in [3.05, 3.63) is 12.3 Å². The number of esters is 1. The molecule has 14 heavy (non-hydrogen) atoms. The van der Waals surface area contributed by atoms with Crippen LogP contribution in [0.25, 0.3) is 0 Å². The molecule has 0 spiro atoms. The Bertz CT molecular complexity index is 243. The highest BCUT2D eigenvalue weighted by atomic mass is 16.6. The topological polar surface area (TPSA) is 35.5 Å². The summed E-state index contributed by atoms with van der Waals surface area (Å²) in [4.78, 5) is 11.1. The quantitative estimate of drug-likeness (QED) is 0.513. The molecule has 1 unspecified atom stereocenters. The monoisotopic (exact) mass is 198 g/mol. The van der Waals surface area contributed by atoms with Crippen LogP contribution in [0.2, 0.25) is 0 Å². The van der Waals surface area contributed by atoms with Gasteiger partial charge in [0.15, 0.2) is 6.10 Å². The molecule has 1 rings (SSSR count). The summed E-state index contributed by atoms with van der Waals surface area (Å²) >= 11 is 0. The second kappa shape index (κ2) is 4.03. The highest BCUT2D eigenvalue weighted by Crippen LogP contribution is 2.31. The summed E-state index contributed by atoms with van der Waals surface area (Å²) < 4.78 is 10.3. The number of carbonyl (C=O) groups excluding carboxylic acids is 1. The normalized spacial score (nSPS) is 21.9. The van der Waals surface area contributed by atoms with Crippen LogP contribution >= 0.6 is 0 Å². The van der Waals surface area contributed by atoms with E-state index in [1.807, 2.05) is 0 Å². The van der Waals surface area contributed by atoms with Crippen molar-refractivity contribution in [2.75, 3.05) is 6.61 Å². The third-order valence-electron chi connectivity index (χ3n) is 2.81. The van der Waals surface area contributed by atoms with Crippen LogP contribution in [-0.4, -0.2) is 18.7 Å². The van der Waals surface area contributed by atoms with Crippen LogP contribution in [-0.2, 0) is 14.3 Å². The van der Waals surface area contributed by atoms with E-state index >= 15 is 0 Å². The predicted molar refractivity (Wildman–Crippen MR) is 53.7 cm³/mol. The Balaban J connectivity index is 2.52. The molecule has 0 bridgehead atoms. The molecular weight excluding hydrogens is 180 g/mol. The molecule has 0 saturated carbocycles. The first-order chi connectivity index (χ1) is 6.47. The first-order valence-corrected chi connectivity index (χ1v) is 5.00. The largest absolute Gasteiger partial charge is 0.483 e. The van der Waals surface area contributed by atoms with E-state index in [4.69, 9.17) is 9.47 Å². The molecule has 0 aliphatic carbocycles. The van der Waals surface area contributed by atoms with Crippen LogP contribution in [0.4, 0.5) is 0 Å². The van der Waals surface area contributed by atoms with E-state index in [1.165, 1.54) is 0 Å². The van der Waals surface area contributed by atoms with Crippen molar-refractivity contribution in [3.8, 4) is 0 Å². The fourth-order valence-corrected chi connectivity index (χ4v) is 1.11. The van der Waals surface area contributed by atoms with Gasteiger partial charge in [-0.2, -0.15) is 0 Å². The van der Waals surface area contributed by atoms with Crippen molar-refractivity contribution in [2.45, 2.75) is 39.7 Å². The number of hydrogen-bond acceptors (Lipinski definition) is 3. The molecule has 80 valence electrons. The first kappa shape index (κ1) is 11.1. The van der Waals surface area contributed by atoms with Crippen molar-refractivity contribution in [3.63, 3.8) is 0 Å². The maximum Gasteiger partial charge on any atom is 0.347 e. The molecule has 1 heterocycles. The summed E-state index contributed by atoms with van der Waals surface area (Å²) in [6.45, 7) is 10.5. The van der Waals surface area contributed by atoms with E-state index < -0.39 is 6.10 Å². The molecule has 0 amide bonds. The predicted octanol–water partition coefficient (Wildman–Crippen LogP) is 2.27. The third kappa shape index (κ3) is 2.28. The zero-order chi connectivity index (χ0) is 10.8. The van der Waals surface area contributed by atoms with E-state index in [0.717, 1.165) is 6.42 Å². The number of cyclic esters (lactones) is 1. The van der Waals surface area contributed by atoms with Gasteiger partial charge in [-0.05, 0) is 6.42 Å². The van der Waals surface area contributed by atoms with Crippen molar-refractivity contribution in [2.24, 2.45) is 5.41 Å². The Morgan fingerprint density at radius 1 is 1.71 bits per heavy atom. The summed E-state index contributed by atoms with van der Waals surface area (Å²) in [6, 6.07) is 0. The maximum atomic E-state index is 11.1. The van der Waals surface area contributed by atoms with Gasteiger partial charge in [0.25, 0.3) is 0 Å². The lowest BCUT2D eigenvalue weighted by molar-refractivity contribution is -0.146. The molecule has 0 aromatic carbocycles. The molecule has 1 atom stereocenters. The molecule has 3 heteroatoms. The van der Waals surface area contributed by atoms with Crippen LogP contribution in [0.3, 0.4) is 0 Å². The SMILES string of the molecule is C=C(OC1CCOC1=O)C(C)(C)CC. The van der Waals surface area contributed by atoms with Gasteiger partial charge in [0.2, 0.25) is 0 Å². The van der Waals surface area contributed by atoms with Crippen molar-refractivity contribution in [1.29, 1.82) is 0 Å². The molecule has 1 aliphatic rings. The number of allylic oxidation sites excluding steroid dienone is 1. The van der Waals surface area contributed by atoms with Crippen LogP contribution in [0.15, 0.2) is 12.3 Å². The van der Waals surface area contributed by atoms with Crippen molar-refractivity contribution in [1.82, 2.24) is 0 Å². The average Bonchev–Trinajstić information content (AvgIpc) is 2.52. The lowest BCUT2D eigenvalue weighted by Crippen LogP contribution is -2.24. The highest BCUT2D eigenvalue weighted by molar-refractivity contribution is 5.76. The van der Waals surface area contributed by atoms with Gasteiger partial charge in [0.05, 0.1) is 12.4 Å². The van der Waals surface area contributed by atoms with Gasteiger partial charge in [-0.15, -0.1) is 0 Å². The van der Waals surface area contributed by atoms with Crippen LogP contribution < -0.4 is 0 Å². The van der Waals surface area contributed by atoms with Gasteiger partial charge in [0, 0.05) is 11.8 Å². The lowest BCUT2D eigenvalue weighted by Gasteiger charge is -2.26. The van der Waals surface area contributed by atoms with Gasteiger partial charge >= 0.3 is 5.97 Å². The van der Waals surface area contributed by atoms with Gasteiger partial charge in [-0.3, -0.25) is 0 Å². The average molecular weight is 198 g/mol. The second-order valence-electron chi connectivity index (χ2n) is 4.22. The zero-order valence-electron chi connectivity index (χ0n) is 9.13. The van der Waals surface area contributed by atoms with E-state index in [0.29, 0.717) is 18.8 Å². The molecule has 0 aromatic rings. The first-order valence-electron chi connectivity index (χ1n) is 5.00. The fraction of sp³-hybridized carbons (Fsp3) is 0.727. The third-order valence-corrected chi connectivity index (χ3v) is 2.81. The molecule has 1 aliphatic heterocycles. The van der Waals surface area contributed by atoms with Gasteiger partial charge in [-0.1, -0.05) is 27.4 Å². The van der Waals surface area contributed by atoms with Crippen LogP contribution in [0.1, 0.15) is 33.6 Å². The summed E-state index contributed by atoms with van der Waals surface area (Å²) in [6.07, 6.45) is 1.14. The Morgan fingerprint density at radius 3 is 2.79 bits per heavy atom. The summed E-state index contributed by atoms with van der Waals surface area (Å²) in [5.74, 6) is 0.405. The molecule has 1 saturated heterocycles. The maximum absolute atomic E-state index is 11.1. The molecule has 1 fully saturated rings. The minimum Gasteiger partial charge on any atom is -0.483 e. The molecule has 3 nitrogen and oxygen atoms in total. The number of ether oxygens (including phenoxy) is 2. The second-order valence-corrected chi connectivity index (χ2v) is 4.22. The highest BCUT2D eigenvalue weighted by Gasteiger charge is 2.32.